The predicted molar refractivity (Wildman–Crippen MR) is 99.5 cm³/mol. The van der Waals surface area contributed by atoms with Crippen LogP contribution in [-0.4, -0.2) is 54.6 Å². The third-order valence-electron chi connectivity index (χ3n) is 4.74. The molecular formula is C18H23N5O2S. The zero-order valence-electron chi connectivity index (χ0n) is 15.3. The van der Waals surface area contributed by atoms with Gasteiger partial charge in [0, 0.05) is 17.6 Å². The van der Waals surface area contributed by atoms with Crippen molar-refractivity contribution in [3.8, 4) is 5.69 Å². The molecule has 0 bridgehead atoms. The van der Waals surface area contributed by atoms with E-state index in [1.807, 2.05) is 11.0 Å². The Morgan fingerprint density at radius 2 is 1.96 bits per heavy atom. The number of piperidine rings is 1. The van der Waals surface area contributed by atoms with Crippen molar-refractivity contribution in [3.63, 3.8) is 0 Å². The second-order valence-electron chi connectivity index (χ2n) is 6.70. The number of hydrogen-bond acceptors (Lipinski definition) is 6. The van der Waals surface area contributed by atoms with E-state index in [1.165, 1.54) is 25.1 Å². The Labute approximate surface area is 157 Å². The lowest BCUT2D eigenvalue weighted by atomic mass is 9.98. The van der Waals surface area contributed by atoms with Gasteiger partial charge in [-0.1, -0.05) is 23.9 Å². The zero-order chi connectivity index (χ0) is 18.7. The van der Waals surface area contributed by atoms with Crippen LogP contribution in [0, 0.1) is 0 Å². The van der Waals surface area contributed by atoms with Gasteiger partial charge in [0.25, 0.3) is 0 Å². The minimum Gasteiger partial charge on any atom is -0.337 e. The first-order valence-electron chi connectivity index (χ1n) is 8.81. The molecule has 0 aliphatic carbocycles. The van der Waals surface area contributed by atoms with Crippen LogP contribution in [0.2, 0.25) is 0 Å². The molecule has 0 saturated carbocycles. The fourth-order valence-electron chi connectivity index (χ4n) is 3.40. The number of nitrogens with zero attached hydrogens (tertiary/aromatic N) is 5. The Hall–Kier alpha value is -2.22. The van der Waals surface area contributed by atoms with Gasteiger partial charge in [-0.3, -0.25) is 9.59 Å². The standard InChI is InChI=1S/C18H23N5O2S/c1-12-6-4-7-13(2)22(12)17(25)11-26-18-19-20-21-23(18)16-9-5-8-15(10-16)14(3)24/h5,8-10,12-13H,4,6-7,11H2,1-3H3/t12-,13-/m0/s1. The molecular weight excluding hydrogens is 350 g/mol. The molecule has 1 aromatic carbocycles. The molecule has 0 radical (unpaired) electrons. The largest absolute Gasteiger partial charge is 0.337 e. The molecule has 0 spiro atoms. The second kappa shape index (κ2) is 7.99. The summed E-state index contributed by atoms with van der Waals surface area (Å²) < 4.78 is 1.56. The maximum Gasteiger partial charge on any atom is 0.233 e. The number of rotatable bonds is 5. The van der Waals surface area contributed by atoms with Gasteiger partial charge < -0.3 is 4.90 Å². The van der Waals surface area contributed by atoms with Gasteiger partial charge in [-0.2, -0.15) is 4.68 Å². The van der Waals surface area contributed by atoms with Crippen LogP contribution in [0.1, 0.15) is 50.4 Å². The number of carbonyl (C=O) groups excluding carboxylic acids is 2. The maximum atomic E-state index is 12.7. The van der Waals surface area contributed by atoms with Crippen molar-refractivity contribution in [3.05, 3.63) is 29.8 Å². The lowest BCUT2D eigenvalue weighted by Crippen LogP contribution is -2.48. The second-order valence-corrected chi connectivity index (χ2v) is 7.64. The molecule has 1 aliphatic rings. The van der Waals surface area contributed by atoms with Crippen molar-refractivity contribution in [1.82, 2.24) is 25.1 Å². The van der Waals surface area contributed by atoms with Crippen LogP contribution in [0.15, 0.2) is 29.4 Å². The number of aromatic nitrogens is 4. The van der Waals surface area contributed by atoms with Gasteiger partial charge in [-0.15, -0.1) is 5.10 Å². The highest BCUT2D eigenvalue weighted by molar-refractivity contribution is 7.99. The Kier molecular flexibility index (Phi) is 5.70. The lowest BCUT2D eigenvalue weighted by Gasteiger charge is -2.39. The van der Waals surface area contributed by atoms with E-state index in [-0.39, 0.29) is 23.8 Å². The number of likely N-dealkylation sites (tertiary alicyclic amines) is 1. The van der Waals surface area contributed by atoms with Crippen LogP contribution in [0.4, 0.5) is 0 Å². The van der Waals surface area contributed by atoms with E-state index in [4.69, 9.17) is 0 Å². The molecule has 0 N–H and O–H groups in total. The summed E-state index contributed by atoms with van der Waals surface area (Å²) in [6.07, 6.45) is 3.27. The summed E-state index contributed by atoms with van der Waals surface area (Å²) in [5, 5.41) is 12.3. The van der Waals surface area contributed by atoms with Crippen molar-refractivity contribution < 1.29 is 9.59 Å². The number of benzene rings is 1. The van der Waals surface area contributed by atoms with E-state index in [9.17, 15) is 9.59 Å². The van der Waals surface area contributed by atoms with E-state index in [2.05, 4.69) is 29.4 Å². The summed E-state index contributed by atoms with van der Waals surface area (Å²) in [4.78, 5) is 26.3. The van der Waals surface area contributed by atoms with Crippen LogP contribution in [0.3, 0.4) is 0 Å². The van der Waals surface area contributed by atoms with Crippen LogP contribution in [0.25, 0.3) is 5.69 Å². The van der Waals surface area contributed by atoms with Crippen LogP contribution in [-0.2, 0) is 4.79 Å². The minimum absolute atomic E-state index is 0.0163. The number of ketones is 1. The van der Waals surface area contributed by atoms with Gasteiger partial charge in [0.1, 0.15) is 0 Å². The number of carbonyl (C=O) groups is 2. The van der Waals surface area contributed by atoms with E-state index in [0.717, 1.165) is 12.8 Å². The van der Waals surface area contributed by atoms with Gasteiger partial charge in [0.2, 0.25) is 11.1 Å². The molecule has 1 amide bonds. The van der Waals surface area contributed by atoms with Gasteiger partial charge in [0.15, 0.2) is 5.78 Å². The summed E-state index contributed by atoms with van der Waals surface area (Å²) in [6.45, 7) is 5.74. The van der Waals surface area contributed by atoms with Gasteiger partial charge in [0.05, 0.1) is 11.4 Å². The molecule has 138 valence electrons. The van der Waals surface area contributed by atoms with E-state index >= 15 is 0 Å². The average Bonchev–Trinajstić information content (AvgIpc) is 3.08. The van der Waals surface area contributed by atoms with Gasteiger partial charge in [-0.05, 0) is 62.6 Å². The van der Waals surface area contributed by atoms with Crippen molar-refractivity contribution in [2.24, 2.45) is 0 Å². The number of thioether (sulfide) groups is 1. The Morgan fingerprint density at radius 3 is 2.65 bits per heavy atom. The SMILES string of the molecule is CC(=O)c1cccc(-n2nnnc2SCC(=O)N2[C@@H](C)CCC[C@@H]2C)c1. The summed E-state index contributed by atoms with van der Waals surface area (Å²) >= 11 is 1.32. The highest BCUT2D eigenvalue weighted by atomic mass is 32.2. The Bertz CT molecular complexity index is 796. The molecule has 2 aromatic rings. The monoisotopic (exact) mass is 373 g/mol. The number of amides is 1. The first-order chi connectivity index (χ1) is 12.5. The molecule has 1 aliphatic heterocycles. The molecule has 7 nitrogen and oxygen atoms in total. The van der Waals surface area contributed by atoms with E-state index < -0.39 is 0 Å². The quantitative estimate of drug-likeness (QED) is 0.592. The molecule has 26 heavy (non-hydrogen) atoms. The number of hydrogen-bond donors (Lipinski definition) is 0. The fourth-order valence-corrected chi connectivity index (χ4v) is 4.16. The molecule has 0 unspecified atom stereocenters. The van der Waals surface area contributed by atoms with E-state index in [0.29, 0.717) is 22.2 Å². The Balaban J connectivity index is 1.72. The summed E-state index contributed by atoms with van der Waals surface area (Å²) in [5.41, 5.74) is 1.30. The summed E-state index contributed by atoms with van der Waals surface area (Å²) in [7, 11) is 0. The summed E-state index contributed by atoms with van der Waals surface area (Å²) in [5.74, 6) is 0.390. The van der Waals surface area contributed by atoms with Crippen molar-refractivity contribution in [1.29, 1.82) is 0 Å². The molecule has 1 aromatic heterocycles. The van der Waals surface area contributed by atoms with E-state index in [1.54, 1.807) is 22.9 Å². The average molecular weight is 373 g/mol. The highest BCUT2D eigenvalue weighted by Crippen LogP contribution is 2.25. The Morgan fingerprint density at radius 1 is 1.23 bits per heavy atom. The third-order valence-corrected chi connectivity index (χ3v) is 5.65. The number of Topliss-reactive ketones (excluding diaryl/α,β-unsaturated/α-hetero) is 1. The molecule has 1 fully saturated rings. The molecule has 3 rings (SSSR count). The van der Waals surface area contributed by atoms with Crippen LogP contribution >= 0.6 is 11.8 Å². The molecule has 2 heterocycles. The smallest absolute Gasteiger partial charge is 0.233 e. The van der Waals surface area contributed by atoms with Crippen LogP contribution < -0.4 is 0 Å². The topological polar surface area (TPSA) is 81.0 Å². The normalized spacial score (nSPS) is 20.2. The third kappa shape index (κ3) is 3.95. The summed E-state index contributed by atoms with van der Waals surface area (Å²) in [6, 6.07) is 7.68. The lowest BCUT2D eigenvalue weighted by molar-refractivity contribution is -0.134. The first kappa shape index (κ1) is 18.6. The van der Waals surface area contributed by atoms with Crippen molar-refractivity contribution in [2.75, 3.05) is 5.75 Å². The van der Waals surface area contributed by atoms with Crippen LogP contribution in [0.5, 0.6) is 0 Å². The zero-order valence-corrected chi connectivity index (χ0v) is 16.1. The highest BCUT2D eigenvalue weighted by Gasteiger charge is 2.29. The molecule has 1 saturated heterocycles. The minimum atomic E-state index is -0.0163. The van der Waals surface area contributed by atoms with Crippen molar-refractivity contribution >= 4 is 23.5 Å². The number of tetrazole rings is 1. The first-order valence-corrected chi connectivity index (χ1v) is 9.79. The molecule has 2 atom stereocenters. The van der Waals surface area contributed by atoms with Gasteiger partial charge in [-0.25, -0.2) is 0 Å². The van der Waals surface area contributed by atoms with Gasteiger partial charge >= 0.3 is 0 Å². The fraction of sp³-hybridized carbons (Fsp3) is 0.500. The van der Waals surface area contributed by atoms with Crippen molar-refractivity contribution in [2.45, 2.75) is 57.3 Å². The maximum absolute atomic E-state index is 12.7. The predicted octanol–water partition coefficient (Wildman–Crippen LogP) is 2.75. The molecule has 8 heteroatoms.